The summed E-state index contributed by atoms with van der Waals surface area (Å²) in [6.07, 6.45) is 5.51. The summed E-state index contributed by atoms with van der Waals surface area (Å²) in [5.74, 6) is 0. The first kappa shape index (κ1) is 12.3. The summed E-state index contributed by atoms with van der Waals surface area (Å²) in [6, 6.07) is 2.22. The number of nitrogens with zero attached hydrogens (tertiary/aromatic N) is 2. The van der Waals surface area contributed by atoms with Gasteiger partial charge in [-0.3, -0.25) is 0 Å². The van der Waals surface area contributed by atoms with Crippen LogP contribution in [-0.2, 0) is 0 Å². The van der Waals surface area contributed by atoms with E-state index in [4.69, 9.17) is 4.42 Å². The lowest BCUT2D eigenvalue weighted by Gasteiger charge is -2.12. The molecule has 2 aromatic rings. The molecule has 1 unspecified atom stereocenters. The van der Waals surface area contributed by atoms with Crippen molar-refractivity contribution in [1.29, 1.82) is 0 Å². The van der Waals surface area contributed by atoms with Crippen molar-refractivity contribution in [2.24, 2.45) is 0 Å². The summed E-state index contributed by atoms with van der Waals surface area (Å²) < 4.78 is 5.05. The van der Waals surface area contributed by atoms with Crippen LogP contribution in [0.2, 0.25) is 0 Å². The minimum atomic E-state index is 0.313. The second kappa shape index (κ2) is 5.93. The maximum atomic E-state index is 5.05. The van der Waals surface area contributed by atoms with Crippen LogP contribution in [0.5, 0.6) is 0 Å². The van der Waals surface area contributed by atoms with Crippen LogP contribution in [0.4, 0.5) is 0 Å². The Morgan fingerprint density at radius 2 is 2.29 bits per heavy atom. The van der Waals surface area contributed by atoms with E-state index >= 15 is 0 Å². The lowest BCUT2D eigenvalue weighted by molar-refractivity contribution is 0.513. The van der Waals surface area contributed by atoms with Crippen LogP contribution >= 0.6 is 11.3 Å². The molecule has 0 aliphatic carbocycles. The molecule has 0 spiro atoms. The number of hydrogen-bond donors (Lipinski definition) is 1. The quantitative estimate of drug-likeness (QED) is 0.856. The Kier molecular flexibility index (Phi) is 4.28. The second-order valence-electron chi connectivity index (χ2n) is 3.87. The molecular weight excluding hydrogens is 234 g/mol. The van der Waals surface area contributed by atoms with E-state index in [1.165, 1.54) is 0 Å². The van der Waals surface area contributed by atoms with Gasteiger partial charge in [0.25, 0.3) is 0 Å². The maximum Gasteiger partial charge on any atom is 0.151 e. The summed E-state index contributed by atoms with van der Waals surface area (Å²) in [6.45, 7) is 5.34. The Morgan fingerprint density at radius 3 is 2.94 bits per heavy atom. The number of hydrogen-bond acceptors (Lipinski definition) is 5. The summed E-state index contributed by atoms with van der Waals surface area (Å²) in [5.41, 5.74) is 0.999. The van der Waals surface area contributed by atoms with Crippen molar-refractivity contribution in [3.8, 4) is 10.6 Å². The fourth-order valence-corrected chi connectivity index (χ4v) is 2.59. The van der Waals surface area contributed by atoms with E-state index in [2.05, 4.69) is 29.4 Å². The van der Waals surface area contributed by atoms with E-state index in [-0.39, 0.29) is 0 Å². The molecule has 2 aromatic heterocycles. The predicted molar refractivity (Wildman–Crippen MR) is 68.9 cm³/mol. The predicted octanol–water partition coefficient (Wildman–Crippen LogP) is 3.25. The molecule has 17 heavy (non-hydrogen) atoms. The van der Waals surface area contributed by atoms with E-state index in [0.29, 0.717) is 6.04 Å². The Balaban J connectivity index is 2.11. The monoisotopic (exact) mass is 251 g/mol. The zero-order valence-corrected chi connectivity index (χ0v) is 11.0. The van der Waals surface area contributed by atoms with Crippen LogP contribution in [0.15, 0.2) is 23.0 Å². The molecule has 0 aromatic carbocycles. The minimum absolute atomic E-state index is 0.313. The Hall–Kier alpha value is -1.20. The highest BCUT2D eigenvalue weighted by Gasteiger charge is 2.15. The van der Waals surface area contributed by atoms with Gasteiger partial charge >= 0.3 is 0 Å². The van der Waals surface area contributed by atoms with E-state index in [1.807, 2.05) is 6.07 Å². The first-order chi connectivity index (χ1) is 8.35. The van der Waals surface area contributed by atoms with Gasteiger partial charge in [-0.05, 0) is 25.5 Å². The lowest BCUT2D eigenvalue weighted by atomic mass is 10.2. The van der Waals surface area contributed by atoms with Crippen molar-refractivity contribution >= 4 is 11.3 Å². The third-order valence-corrected chi connectivity index (χ3v) is 3.64. The third-order valence-electron chi connectivity index (χ3n) is 2.56. The highest BCUT2D eigenvalue weighted by molar-refractivity contribution is 7.14. The van der Waals surface area contributed by atoms with E-state index in [1.54, 1.807) is 23.9 Å². The highest BCUT2D eigenvalue weighted by atomic mass is 32.1. The number of furan rings is 1. The Morgan fingerprint density at radius 1 is 1.41 bits per heavy atom. The van der Waals surface area contributed by atoms with E-state index in [9.17, 15) is 0 Å². The topological polar surface area (TPSA) is 51.0 Å². The molecule has 4 nitrogen and oxygen atoms in total. The molecule has 0 bridgehead atoms. The van der Waals surface area contributed by atoms with Crippen LogP contribution in [0.3, 0.4) is 0 Å². The van der Waals surface area contributed by atoms with Crippen molar-refractivity contribution in [2.75, 3.05) is 6.54 Å². The molecule has 0 saturated heterocycles. The summed E-state index contributed by atoms with van der Waals surface area (Å²) in [7, 11) is 0. The molecule has 1 N–H and O–H groups in total. The maximum absolute atomic E-state index is 5.05. The molecule has 2 heterocycles. The standard InChI is InChI=1S/C12H17N3OS/c1-3-6-13-10(4-2)12-15-14-11(17-12)9-5-7-16-8-9/h5,7-8,10,13H,3-4,6H2,1-2H3. The number of nitrogens with one attached hydrogen (secondary N) is 1. The zero-order valence-electron chi connectivity index (χ0n) is 10.1. The molecule has 92 valence electrons. The van der Waals surface area contributed by atoms with Gasteiger partial charge in [-0.2, -0.15) is 0 Å². The fraction of sp³-hybridized carbons (Fsp3) is 0.500. The zero-order chi connectivity index (χ0) is 12.1. The SMILES string of the molecule is CCCNC(CC)c1nnc(-c2ccoc2)s1. The molecule has 0 aliphatic rings. The highest BCUT2D eigenvalue weighted by Crippen LogP contribution is 2.28. The van der Waals surface area contributed by atoms with Crippen LogP contribution in [0, 0.1) is 0 Å². The van der Waals surface area contributed by atoms with Crippen molar-refractivity contribution in [1.82, 2.24) is 15.5 Å². The van der Waals surface area contributed by atoms with Crippen molar-refractivity contribution in [3.05, 3.63) is 23.6 Å². The largest absolute Gasteiger partial charge is 0.472 e. The van der Waals surface area contributed by atoms with Crippen LogP contribution < -0.4 is 5.32 Å². The average molecular weight is 251 g/mol. The average Bonchev–Trinajstić information content (AvgIpc) is 3.00. The normalized spacial score (nSPS) is 12.8. The van der Waals surface area contributed by atoms with Crippen molar-refractivity contribution in [2.45, 2.75) is 32.7 Å². The van der Waals surface area contributed by atoms with Gasteiger partial charge in [0.2, 0.25) is 0 Å². The van der Waals surface area contributed by atoms with Gasteiger partial charge < -0.3 is 9.73 Å². The van der Waals surface area contributed by atoms with Crippen LogP contribution in [-0.4, -0.2) is 16.7 Å². The summed E-state index contributed by atoms with van der Waals surface area (Å²) in [4.78, 5) is 0. The molecule has 2 rings (SSSR count). The molecule has 0 fully saturated rings. The summed E-state index contributed by atoms with van der Waals surface area (Å²) in [5, 5.41) is 13.9. The third kappa shape index (κ3) is 2.92. The fourth-order valence-electron chi connectivity index (χ4n) is 1.60. The lowest BCUT2D eigenvalue weighted by Crippen LogP contribution is -2.21. The molecule has 0 saturated carbocycles. The van der Waals surface area contributed by atoms with Crippen molar-refractivity contribution in [3.63, 3.8) is 0 Å². The van der Waals surface area contributed by atoms with E-state index in [0.717, 1.165) is 35.0 Å². The van der Waals surface area contributed by atoms with Crippen LogP contribution in [0.1, 0.15) is 37.7 Å². The smallest absolute Gasteiger partial charge is 0.151 e. The first-order valence-corrected chi connectivity index (χ1v) is 6.76. The second-order valence-corrected chi connectivity index (χ2v) is 4.88. The summed E-state index contributed by atoms with van der Waals surface area (Å²) >= 11 is 1.63. The Labute approximate surface area is 105 Å². The first-order valence-electron chi connectivity index (χ1n) is 5.94. The molecular formula is C12H17N3OS. The molecule has 1 atom stereocenters. The molecule has 0 radical (unpaired) electrons. The molecule has 0 aliphatic heterocycles. The Bertz CT molecular complexity index is 438. The van der Waals surface area contributed by atoms with Gasteiger partial charge in [0.15, 0.2) is 5.01 Å². The van der Waals surface area contributed by atoms with Gasteiger partial charge in [-0.15, -0.1) is 10.2 Å². The molecule has 0 amide bonds. The van der Waals surface area contributed by atoms with Crippen LogP contribution in [0.25, 0.3) is 10.6 Å². The van der Waals surface area contributed by atoms with Gasteiger partial charge in [-0.1, -0.05) is 25.2 Å². The van der Waals surface area contributed by atoms with Gasteiger partial charge in [-0.25, -0.2) is 0 Å². The van der Waals surface area contributed by atoms with Gasteiger partial charge in [0.1, 0.15) is 11.3 Å². The van der Waals surface area contributed by atoms with Crippen molar-refractivity contribution < 1.29 is 4.42 Å². The van der Waals surface area contributed by atoms with Gasteiger partial charge in [0.05, 0.1) is 17.9 Å². The molecule has 5 heteroatoms. The number of rotatable bonds is 6. The minimum Gasteiger partial charge on any atom is -0.472 e. The van der Waals surface area contributed by atoms with Gasteiger partial charge in [0, 0.05) is 0 Å². The van der Waals surface area contributed by atoms with E-state index < -0.39 is 0 Å². The number of aromatic nitrogens is 2.